The second kappa shape index (κ2) is 13.5. The van der Waals surface area contributed by atoms with E-state index in [1.54, 1.807) is 36.4 Å². The van der Waals surface area contributed by atoms with Gasteiger partial charge in [0, 0.05) is 63.9 Å². The zero-order valence-electron chi connectivity index (χ0n) is 26.5. The molecule has 13 nitrogen and oxygen atoms in total. The third kappa shape index (κ3) is 6.84. The van der Waals surface area contributed by atoms with Crippen molar-refractivity contribution in [3.63, 3.8) is 0 Å². The Kier molecular flexibility index (Phi) is 9.21. The largest absolute Gasteiger partial charge is 0.486 e. The number of nitrogens with zero attached hydrogens (tertiary/aromatic N) is 7. The molecule has 1 amide bonds. The van der Waals surface area contributed by atoms with Crippen LogP contribution in [0.3, 0.4) is 0 Å². The number of nitrogens with one attached hydrogen (secondary N) is 1. The predicted molar refractivity (Wildman–Crippen MR) is 171 cm³/mol. The van der Waals surface area contributed by atoms with Crippen LogP contribution in [0.25, 0.3) is 11.3 Å². The van der Waals surface area contributed by atoms with Crippen LogP contribution in [0.5, 0.6) is 11.6 Å². The van der Waals surface area contributed by atoms with E-state index >= 15 is 0 Å². The fourth-order valence-electron chi connectivity index (χ4n) is 6.05. The van der Waals surface area contributed by atoms with Gasteiger partial charge in [-0.3, -0.25) is 9.69 Å². The Morgan fingerprint density at radius 2 is 1.87 bits per heavy atom. The van der Waals surface area contributed by atoms with Gasteiger partial charge in [0.05, 0.1) is 37.6 Å². The summed E-state index contributed by atoms with van der Waals surface area (Å²) < 4.78 is 17.4. The molecular weight excluding hydrogens is 588 g/mol. The van der Waals surface area contributed by atoms with E-state index in [9.17, 15) is 15.2 Å². The second-order valence-corrected chi connectivity index (χ2v) is 12.2. The van der Waals surface area contributed by atoms with E-state index in [4.69, 9.17) is 14.2 Å². The van der Waals surface area contributed by atoms with Crippen LogP contribution in [0.4, 0.5) is 17.5 Å². The average molecular weight is 629 g/mol. The van der Waals surface area contributed by atoms with Gasteiger partial charge in [-0.25, -0.2) is 9.97 Å². The fraction of sp³-hybridized carbons (Fsp3) is 0.485. The SMILES string of the molecule is COc1nc(Nc2nccc(-c3ccc(OC4(C)CCN(C(=O)[C@H](C)O)CC4)c(C#N)c3)n2)ccc1N1CCN(C2COC2)CC1. The molecular formula is C33H40N8O5. The molecule has 0 saturated carbocycles. The van der Waals surface area contributed by atoms with Gasteiger partial charge in [0.25, 0.3) is 5.91 Å². The number of anilines is 3. The number of likely N-dealkylation sites (tertiary alicyclic amines) is 1. The minimum atomic E-state index is -1.02. The van der Waals surface area contributed by atoms with E-state index in [1.807, 2.05) is 25.1 Å². The zero-order valence-corrected chi connectivity index (χ0v) is 26.5. The van der Waals surface area contributed by atoms with Crippen LogP contribution in [-0.4, -0.2) is 113 Å². The Morgan fingerprint density at radius 1 is 1.11 bits per heavy atom. The monoisotopic (exact) mass is 628 g/mol. The molecule has 3 aliphatic heterocycles. The van der Waals surface area contributed by atoms with Crippen LogP contribution in [0.2, 0.25) is 0 Å². The first-order valence-corrected chi connectivity index (χ1v) is 15.7. The molecule has 5 heterocycles. The van der Waals surface area contributed by atoms with Crippen molar-refractivity contribution in [2.75, 3.05) is 69.8 Å². The van der Waals surface area contributed by atoms with Gasteiger partial charge in [-0.05, 0) is 50.2 Å². The first-order chi connectivity index (χ1) is 22.2. The molecule has 3 fully saturated rings. The number of nitriles is 1. The van der Waals surface area contributed by atoms with Crippen LogP contribution in [0.1, 0.15) is 32.3 Å². The van der Waals surface area contributed by atoms with Gasteiger partial charge >= 0.3 is 0 Å². The molecule has 13 heteroatoms. The first-order valence-electron chi connectivity index (χ1n) is 15.7. The summed E-state index contributed by atoms with van der Waals surface area (Å²) in [5.41, 5.74) is 2.17. The third-order valence-corrected chi connectivity index (χ3v) is 8.96. The van der Waals surface area contributed by atoms with Gasteiger partial charge in [0.15, 0.2) is 0 Å². The Bertz CT molecular complexity index is 1590. The summed E-state index contributed by atoms with van der Waals surface area (Å²) in [6, 6.07) is 13.9. The summed E-state index contributed by atoms with van der Waals surface area (Å²) in [7, 11) is 1.62. The molecule has 3 saturated heterocycles. The average Bonchev–Trinajstić information content (AvgIpc) is 3.04. The number of pyridine rings is 1. The van der Waals surface area contributed by atoms with Crippen molar-refractivity contribution in [3.8, 4) is 29.0 Å². The van der Waals surface area contributed by atoms with Gasteiger partial charge in [-0.1, -0.05) is 0 Å². The van der Waals surface area contributed by atoms with E-state index < -0.39 is 11.7 Å². The second-order valence-electron chi connectivity index (χ2n) is 12.2. The van der Waals surface area contributed by atoms with Crippen molar-refractivity contribution >= 4 is 23.4 Å². The number of carbonyl (C=O) groups is 1. The highest BCUT2D eigenvalue weighted by atomic mass is 16.5. The zero-order chi connectivity index (χ0) is 32.3. The predicted octanol–water partition coefficient (Wildman–Crippen LogP) is 2.82. The van der Waals surface area contributed by atoms with Crippen molar-refractivity contribution < 1.29 is 24.1 Å². The Labute approximate surface area is 268 Å². The molecule has 0 bridgehead atoms. The highest BCUT2D eigenvalue weighted by Gasteiger charge is 2.35. The van der Waals surface area contributed by atoms with E-state index in [-0.39, 0.29) is 5.91 Å². The number of hydrogen-bond donors (Lipinski definition) is 2. The van der Waals surface area contributed by atoms with Gasteiger partial charge in [0.2, 0.25) is 11.8 Å². The van der Waals surface area contributed by atoms with Crippen molar-refractivity contribution in [2.45, 2.75) is 44.4 Å². The number of benzene rings is 1. The number of hydrogen-bond acceptors (Lipinski definition) is 12. The van der Waals surface area contributed by atoms with Crippen molar-refractivity contribution in [1.82, 2.24) is 24.8 Å². The molecule has 3 aromatic rings. The number of aliphatic hydroxyl groups is 1. The lowest BCUT2D eigenvalue weighted by Gasteiger charge is -2.43. The number of aliphatic hydroxyl groups excluding tert-OH is 1. The van der Waals surface area contributed by atoms with Crippen molar-refractivity contribution in [2.24, 2.45) is 0 Å². The lowest BCUT2D eigenvalue weighted by Crippen LogP contribution is -2.56. The number of methoxy groups -OCH3 is 1. The minimum Gasteiger partial charge on any atom is -0.486 e. The molecule has 0 spiro atoms. The molecule has 0 unspecified atom stereocenters. The maximum atomic E-state index is 12.2. The molecule has 6 rings (SSSR count). The lowest BCUT2D eigenvalue weighted by atomic mass is 9.92. The standard InChI is InChI=1S/C33H40N8O5/c1-22(42)31(43)41-12-9-33(2,10-13-41)46-28-6-4-23(18-24(28)19-34)26-8-11-35-32(36-26)38-29-7-5-27(30(37-29)44-3)40-16-14-39(15-17-40)25-20-45-21-25/h4-8,11,18,22,25,42H,9-10,12-17,20-21H2,1-3H3,(H,35,36,37,38)/t22-/m0/s1. The smallest absolute Gasteiger partial charge is 0.251 e. The number of ether oxygens (including phenoxy) is 3. The summed E-state index contributed by atoms with van der Waals surface area (Å²) in [5.74, 6) is 1.65. The van der Waals surface area contributed by atoms with Crippen LogP contribution in [0.15, 0.2) is 42.6 Å². The van der Waals surface area contributed by atoms with Crippen LogP contribution < -0.4 is 19.7 Å². The Hall–Kier alpha value is -4.51. The highest BCUT2D eigenvalue weighted by Crippen LogP contribution is 2.34. The number of aromatic nitrogens is 3. The van der Waals surface area contributed by atoms with Crippen LogP contribution >= 0.6 is 0 Å². The van der Waals surface area contributed by atoms with Gasteiger partial charge in [-0.2, -0.15) is 10.2 Å². The third-order valence-electron chi connectivity index (χ3n) is 8.96. The number of piperidine rings is 1. The maximum Gasteiger partial charge on any atom is 0.251 e. The molecule has 3 aliphatic rings. The summed E-state index contributed by atoms with van der Waals surface area (Å²) >= 11 is 0. The number of piperazine rings is 1. The Balaban J connectivity index is 1.11. The summed E-state index contributed by atoms with van der Waals surface area (Å²) in [4.78, 5) is 32.3. The number of amides is 1. The minimum absolute atomic E-state index is 0.278. The van der Waals surface area contributed by atoms with Crippen molar-refractivity contribution in [1.29, 1.82) is 5.26 Å². The van der Waals surface area contributed by atoms with Gasteiger partial charge < -0.3 is 34.4 Å². The Morgan fingerprint density at radius 3 is 2.52 bits per heavy atom. The topological polar surface area (TPSA) is 149 Å². The lowest BCUT2D eigenvalue weighted by molar-refractivity contribution is -0.142. The van der Waals surface area contributed by atoms with Crippen molar-refractivity contribution in [3.05, 3.63) is 48.2 Å². The molecule has 2 N–H and O–H groups in total. The van der Waals surface area contributed by atoms with E-state index in [0.29, 0.717) is 66.6 Å². The maximum absolute atomic E-state index is 12.2. The van der Waals surface area contributed by atoms with Crippen LogP contribution in [-0.2, 0) is 9.53 Å². The molecule has 242 valence electrons. The van der Waals surface area contributed by atoms with E-state index in [2.05, 4.69) is 36.1 Å². The van der Waals surface area contributed by atoms with Gasteiger partial charge in [0.1, 0.15) is 35.0 Å². The van der Waals surface area contributed by atoms with Crippen LogP contribution in [0, 0.1) is 11.3 Å². The first kappa shape index (κ1) is 31.5. The fourth-order valence-corrected chi connectivity index (χ4v) is 6.05. The highest BCUT2D eigenvalue weighted by molar-refractivity contribution is 5.80. The molecule has 0 aliphatic carbocycles. The molecule has 46 heavy (non-hydrogen) atoms. The van der Waals surface area contributed by atoms with E-state index in [1.165, 1.54) is 6.92 Å². The number of rotatable bonds is 9. The summed E-state index contributed by atoms with van der Waals surface area (Å²) in [5, 5.41) is 22.8. The molecule has 1 aromatic carbocycles. The molecule has 0 radical (unpaired) electrons. The summed E-state index contributed by atoms with van der Waals surface area (Å²) in [6.45, 7) is 9.80. The molecule has 1 atom stereocenters. The van der Waals surface area contributed by atoms with E-state index in [0.717, 1.165) is 50.6 Å². The quantitative estimate of drug-likeness (QED) is 0.359. The summed E-state index contributed by atoms with van der Waals surface area (Å²) in [6.07, 6.45) is 1.81. The van der Waals surface area contributed by atoms with Gasteiger partial charge in [-0.15, -0.1) is 0 Å². The molecule has 2 aromatic heterocycles. The number of carbonyl (C=O) groups excluding carboxylic acids is 1. The normalized spacial score (nSPS) is 19.1.